The van der Waals surface area contributed by atoms with Crippen LogP contribution in [0.2, 0.25) is 0 Å². The van der Waals surface area contributed by atoms with Crippen molar-refractivity contribution in [3.63, 3.8) is 0 Å². The lowest BCUT2D eigenvalue weighted by Crippen LogP contribution is -2.24. The molecular formula is C27H21FN2O. The summed E-state index contributed by atoms with van der Waals surface area (Å²) in [6.07, 6.45) is 0. The van der Waals surface area contributed by atoms with E-state index in [1.807, 2.05) is 95.9 Å². The molecule has 6 rings (SSSR count). The van der Waals surface area contributed by atoms with E-state index >= 15 is 4.39 Å². The fraction of sp³-hybridized carbons (Fsp3) is 0.111. The normalized spacial score (nSPS) is 17.9. The fourth-order valence-corrected chi connectivity index (χ4v) is 4.62. The van der Waals surface area contributed by atoms with Crippen molar-refractivity contribution < 1.29 is 8.81 Å². The van der Waals surface area contributed by atoms with E-state index in [4.69, 9.17) is 4.42 Å². The topological polar surface area (TPSA) is 28.4 Å². The van der Waals surface area contributed by atoms with Gasteiger partial charge >= 0.3 is 0 Å². The second-order valence-electron chi connectivity index (χ2n) is 8.23. The number of rotatable bonds is 3. The van der Waals surface area contributed by atoms with Gasteiger partial charge in [-0.2, -0.15) is 0 Å². The summed E-state index contributed by atoms with van der Waals surface area (Å²) < 4.78 is 22.0. The van der Waals surface area contributed by atoms with E-state index in [2.05, 4.69) is 5.32 Å². The highest BCUT2D eigenvalue weighted by Gasteiger charge is 2.42. The first-order valence-corrected chi connectivity index (χ1v) is 10.4. The first-order chi connectivity index (χ1) is 15.1. The van der Waals surface area contributed by atoms with E-state index in [-0.39, 0.29) is 6.54 Å². The van der Waals surface area contributed by atoms with E-state index in [0.717, 1.165) is 44.7 Å². The van der Waals surface area contributed by atoms with Crippen LogP contribution in [-0.2, 0) is 5.67 Å². The number of hydrogen-bond donors (Lipinski definition) is 1. The van der Waals surface area contributed by atoms with Crippen LogP contribution in [0, 0.1) is 0 Å². The predicted molar refractivity (Wildman–Crippen MR) is 125 cm³/mol. The molecule has 0 saturated carbocycles. The van der Waals surface area contributed by atoms with Gasteiger partial charge in [0.2, 0.25) is 0 Å². The number of furan rings is 1. The minimum absolute atomic E-state index is 0.228. The lowest BCUT2D eigenvalue weighted by Gasteiger charge is -2.24. The summed E-state index contributed by atoms with van der Waals surface area (Å²) in [5.74, 6) is 0. The number of alkyl halides is 1. The van der Waals surface area contributed by atoms with Crippen molar-refractivity contribution in [1.82, 2.24) is 0 Å². The maximum absolute atomic E-state index is 15.8. The number of nitrogens with one attached hydrogen (secondary N) is 1. The lowest BCUT2D eigenvalue weighted by molar-refractivity contribution is 0.217. The summed E-state index contributed by atoms with van der Waals surface area (Å²) >= 11 is 0. The Morgan fingerprint density at radius 3 is 2.45 bits per heavy atom. The van der Waals surface area contributed by atoms with Gasteiger partial charge in [-0.1, -0.05) is 54.6 Å². The first kappa shape index (κ1) is 18.0. The molecule has 4 aromatic carbocycles. The molecular weight excluding hydrogens is 387 g/mol. The van der Waals surface area contributed by atoms with Crippen molar-refractivity contribution in [2.45, 2.75) is 12.6 Å². The number of hydrogen-bond acceptors (Lipinski definition) is 3. The van der Waals surface area contributed by atoms with Crippen molar-refractivity contribution in [3.05, 3.63) is 96.6 Å². The van der Waals surface area contributed by atoms with E-state index in [0.29, 0.717) is 5.56 Å². The monoisotopic (exact) mass is 408 g/mol. The summed E-state index contributed by atoms with van der Waals surface area (Å²) in [5.41, 5.74) is 4.35. The summed E-state index contributed by atoms with van der Waals surface area (Å²) in [4.78, 5) is 2.05. The third-order valence-electron chi connectivity index (χ3n) is 6.05. The van der Waals surface area contributed by atoms with E-state index in [9.17, 15) is 0 Å². The molecule has 0 radical (unpaired) electrons. The van der Waals surface area contributed by atoms with Crippen LogP contribution in [0.1, 0.15) is 12.5 Å². The third kappa shape index (κ3) is 2.79. The summed E-state index contributed by atoms with van der Waals surface area (Å²) in [6, 6.07) is 29.9. The van der Waals surface area contributed by atoms with Gasteiger partial charge in [0, 0.05) is 22.0 Å². The standard InChI is InChI=1S/C27H21FN2O/c1-27(28)17-30(23-13-7-6-12-22(23)29-18-9-3-2-4-10-18)25-21(27)16-15-20-19-11-5-8-14-24(19)31-26(20)25/h2-16,29H,17H2,1H3. The average molecular weight is 408 g/mol. The molecule has 2 heterocycles. The third-order valence-corrected chi connectivity index (χ3v) is 6.05. The number of halogens is 1. The molecule has 0 amide bonds. The summed E-state index contributed by atoms with van der Waals surface area (Å²) in [6.45, 7) is 1.87. The van der Waals surface area contributed by atoms with E-state index in [1.165, 1.54) is 0 Å². The van der Waals surface area contributed by atoms with Crippen LogP contribution in [0.3, 0.4) is 0 Å². The van der Waals surface area contributed by atoms with Crippen LogP contribution >= 0.6 is 0 Å². The Balaban J connectivity index is 1.57. The SMILES string of the molecule is CC1(F)CN(c2ccccc2Nc2ccccc2)c2c1ccc1c2oc2ccccc21. The van der Waals surface area contributed by atoms with Crippen LogP contribution in [0.5, 0.6) is 0 Å². The Morgan fingerprint density at radius 2 is 1.58 bits per heavy atom. The molecule has 3 nitrogen and oxygen atoms in total. The summed E-state index contributed by atoms with van der Waals surface area (Å²) in [5, 5.41) is 5.54. The molecule has 152 valence electrons. The van der Waals surface area contributed by atoms with Gasteiger partial charge in [0.25, 0.3) is 0 Å². The van der Waals surface area contributed by atoms with Crippen molar-refractivity contribution in [3.8, 4) is 0 Å². The van der Waals surface area contributed by atoms with Gasteiger partial charge in [-0.3, -0.25) is 0 Å². The Morgan fingerprint density at radius 1 is 0.839 bits per heavy atom. The lowest BCUT2D eigenvalue weighted by atomic mass is 9.99. The Hall–Kier alpha value is -3.79. The highest BCUT2D eigenvalue weighted by molar-refractivity contribution is 6.11. The number of benzene rings is 4. The van der Waals surface area contributed by atoms with Gasteiger partial charge < -0.3 is 14.6 Å². The first-order valence-electron chi connectivity index (χ1n) is 10.4. The molecule has 31 heavy (non-hydrogen) atoms. The minimum atomic E-state index is -1.48. The number of anilines is 4. The molecule has 0 fully saturated rings. The number of nitrogens with zero attached hydrogens (tertiary/aromatic N) is 1. The van der Waals surface area contributed by atoms with Crippen LogP contribution < -0.4 is 10.2 Å². The molecule has 0 saturated heterocycles. The fourth-order valence-electron chi connectivity index (χ4n) is 4.62. The zero-order valence-corrected chi connectivity index (χ0v) is 17.1. The number of fused-ring (bicyclic) bond motifs is 5. The molecule has 0 bridgehead atoms. The smallest absolute Gasteiger partial charge is 0.159 e. The van der Waals surface area contributed by atoms with Gasteiger partial charge in [-0.15, -0.1) is 0 Å². The zero-order chi connectivity index (χ0) is 21.0. The van der Waals surface area contributed by atoms with Crippen LogP contribution in [-0.4, -0.2) is 6.54 Å². The van der Waals surface area contributed by atoms with Crippen molar-refractivity contribution >= 4 is 44.7 Å². The van der Waals surface area contributed by atoms with Crippen molar-refractivity contribution in [2.75, 3.05) is 16.8 Å². The number of para-hydroxylation sites is 4. The Bertz CT molecular complexity index is 1420. The molecule has 1 aliphatic rings. The molecule has 1 atom stereocenters. The highest BCUT2D eigenvalue weighted by atomic mass is 19.1. The zero-order valence-electron chi connectivity index (χ0n) is 17.1. The maximum atomic E-state index is 15.8. The molecule has 0 spiro atoms. The van der Waals surface area contributed by atoms with Crippen molar-refractivity contribution in [2.24, 2.45) is 0 Å². The molecule has 4 heteroatoms. The molecule has 1 aromatic heterocycles. The van der Waals surface area contributed by atoms with Gasteiger partial charge in [-0.25, -0.2) is 4.39 Å². The molecule has 1 unspecified atom stereocenters. The quantitative estimate of drug-likeness (QED) is 0.332. The van der Waals surface area contributed by atoms with Gasteiger partial charge in [0.1, 0.15) is 5.58 Å². The molecule has 5 aromatic rings. The second-order valence-corrected chi connectivity index (χ2v) is 8.23. The average Bonchev–Trinajstić information content (AvgIpc) is 3.30. The Kier molecular flexibility index (Phi) is 3.84. The van der Waals surface area contributed by atoms with E-state index < -0.39 is 5.67 Å². The second kappa shape index (κ2) is 6.61. The Labute approximate surface area is 179 Å². The van der Waals surface area contributed by atoms with Gasteiger partial charge in [0.05, 0.1) is 23.6 Å². The summed E-state index contributed by atoms with van der Waals surface area (Å²) in [7, 11) is 0. The predicted octanol–water partition coefficient (Wildman–Crippen LogP) is 7.67. The van der Waals surface area contributed by atoms with Gasteiger partial charge in [0.15, 0.2) is 11.3 Å². The van der Waals surface area contributed by atoms with Crippen LogP contribution in [0.25, 0.3) is 21.9 Å². The van der Waals surface area contributed by atoms with Crippen LogP contribution in [0.4, 0.5) is 27.1 Å². The minimum Gasteiger partial charge on any atom is -0.454 e. The maximum Gasteiger partial charge on any atom is 0.159 e. The largest absolute Gasteiger partial charge is 0.454 e. The van der Waals surface area contributed by atoms with Crippen molar-refractivity contribution in [1.29, 1.82) is 0 Å². The molecule has 0 aliphatic carbocycles. The molecule has 1 N–H and O–H groups in total. The highest BCUT2D eigenvalue weighted by Crippen LogP contribution is 2.51. The van der Waals surface area contributed by atoms with Crippen LogP contribution in [0.15, 0.2) is 95.4 Å². The van der Waals surface area contributed by atoms with Gasteiger partial charge in [-0.05, 0) is 43.3 Å². The van der Waals surface area contributed by atoms with E-state index in [1.54, 1.807) is 6.92 Å². The molecule has 1 aliphatic heterocycles.